The first-order valence-corrected chi connectivity index (χ1v) is 9.66. The second-order valence-corrected chi connectivity index (χ2v) is 7.84. The van der Waals surface area contributed by atoms with Gasteiger partial charge in [-0.3, -0.25) is 14.4 Å². The van der Waals surface area contributed by atoms with Crippen LogP contribution in [-0.4, -0.2) is 39.0 Å². The lowest BCUT2D eigenvalue weighted by atomic mass is 9.91. The van der Waals surface area contributed by atoms with E-state index in [1.54, 1.807) is 7.05 Å². The number of nitrogens with one attached hydrogen (secondary N) is 1. The normalized spacial score (nSPS) is 18.1. The van der Waals surface area contributed by atoms with E-state index in [0.717, 1.165) is 12.6 Å². The summed E-state index contributed by atoms with van der Waals surface area (Å²) >= 11 is 0. The van der Waals surface area contributed by atoms with Crippen LogP contribution in [0, 0.1) is 17.5 Å². The Balaban J connectivity index is 1.95. The van der Waals surface area contributed by atoms with Gasteiger partial charge in [0, 0.05) is 44.0 Å². The molecule has 1 aliphatic heterocycles. The van der Waals surface area contributed by atoms with Crippen LogP contribution < -0.4 is 10.7 Å². The lowest BCUT2D eigenvalue weighted by Crippen LogP contribution is -2.55. The molecule has 166 valence electrons. The number of amides is 2. The molecule has 2 aromatic rings. The average Bonchev–Trinajstić information content (AvgIpc) is 2.68. The maximum absolute atomic E-state index is 13.8. The van der Waals surface area contributed by atoms with Crippen molar-refractivity contribution in [2.45, 2.75) is 45.3 Å². The number of benzene rings is 1. The molecule has 3 rings (SSSR count). The Kier molecular flexibility index (Phi) is 5.84. The van der Waals surface area contributed by atoms with Gasteiger partial charge in [-0.05, 0) is 13.3 Å². The van der Waals surface area contributed by atoms with Crippen molar-refractivity contribution >= 4 is 11.8 Å². The standard InChI is InChI=1S/C21H22F3N3O4/c1-4-5-21(2)10-27-9-13(17(28)18(29)16(27)20(31)26(21)3)19(30)25-8-12-14(23)6-11(22)7-15(12)24/h6-7,9,29H,4-5,8,10H2,1-3H3,(H,25,30)/t21-/m1/s1. The van der Waals surface area contributed by atoms with E-state index in [-0.39, 0.29) is 12.2 Å². The van der Waals surface area contributed by atoms with Crippen molar-refractivity contribution in [3.8, 4) is 5.75 Å². The maximum atomic E-state index is 13.8. The quantitative estimate of drug-likeness (QED) is 0.752. The van der Waals surface area contributed by atoms with Gasteiger partial charge in [0.25, 0.3) is 11.8 Å². The molecule has 2 heterocycles. The molecular formula is C21H22F3N3O4. The van der Waals surface area contributed by atoms with Gasteiger partial charge in [-0.1, -0.05) is 13.3 Å². The molecule has 1 aliphatic rings. The first-order chi connectivity index (χ1) is 14.5. The second kappa shape index (κ2) is 8.09. The molecule has 0 fully saturated rings. The minimum Gasteiger partial charge on any atom is -0.503 e. The predicted molar refractivity (Wildman–Crippen MR) is 105 cm³/mol. The minimum atomic E-state index is -1.19. The topological polar surface area (TPSA) is 91.6 Å². The molecule has 0 radical (unpaired) electrons. The Hall–Kier alpha value is -3.30. The molecule has 1 atom stereocenters. The summed E-state index contributed by atoms with van der Waals surface area (Å²) in [5, 5.41) is 12.5. The van der Waals surface area contributed by atoms with Gasteiger partial charge in [-0.25, -0.2) is 13.2 Å². The van der Waals surface area contributed by atoms with Gasteiger partial charge in [0.1, 0.15) is 23.0 Å². The Morgan fingerprint density at radius 2 is 1.84 bits per heavy atom. The number of carbonyl (C=O) groups is 2. The third-order valence-electron chi connectivity index (χ3n) is 5.65. The zero-order valence-electron chi connectivity index (χ0n) is 17.3. The SMILES string of the molecule is CCC[C@]1(C)Cn2cc(C(=O)NCc3c(F)cc(F)cc3F)c(=O)c(O)c2C(=O)N1C. The van der Waals surface area contributed by atoms with E-state index in [9.17, 15) is 32.7 Å². The fraction of sp³-hybridized carbons (Fsp3) is 0.381. The molecule has 31 heavy (non-hydrogen) atoms. The van der Waals surface area contributed by atoms with Gasteiger partial charge in [-0.15, -0.1) is 0 Å². The number of pyridine rings is 1. The zero-order valence-corrected chi connectivity index (χ0v) is 17.3. The van der Waals surface area contributed by atoms with Crippen molar-refractivity contribution < 1.29 is 27.9 Å². The summed E-state index contributed by atoms with van der Waals surface area (Å²) in [5.74, 6) is -5.91. The Bertz CT molecular complexity index is 1110. The number of carbonyl (C=O) groups excluding carboxylic acids is 2. The zero-order chi connectivity index (χ0) is 23.1. The highest BCUT2D eigenvalue weighted by Gasteiger charge is 2.41. The number of hydrogen-bond donors (Lipinski definition) is 2. The van der Waals surface area contributed by atoms with Crippen LogP contribution in [0.15, 0.2) is 23.1 Å². The molecule has 2 N–H and O–H groups in total. The largest absolute Gasteiger partial charge is 0.503 e. The van der Waals surface area contributed by atoms with Crippen molar-refractivity contribution in [3.05, 3.63) is 62.8 Å². The van der Waals surface area contributed by atoms with Crippen molar-refractivity contribution in [2.24, 2.45) is 0 Å². The third kappa shape index (κ3) is 3.89. The van der Waals surface area contributed by atoms with Crippen LogP contribution in [0.5, 0.6) is 5.75 Å². The van der Waals surface area contributed by atoms with Crippen LogP contribution in [-0.2, 0) is 13.1 Å². The lowest BCUT2D eigenvalue weighted by Gasteiger charge is -2.44. The predicted octanol–water partition coefficient (Wildman–Crippen LogP) is 2.55. The van der Waals surface area contributed by atoms with Gasteiger partial charge in [0.2, 0.25) is 5.43 Å². The van der Waals surface area contributed by atoms with E-state index in [4.69, 9.17) is 0 Å². The van der Waals surface area contributed by atoms with E-state index >= 15 is 0 Å². The summed E-state index contributed by atoms with van der Waals surface area (Å²) in [4.78, 5) is 39.3. The molecule has 0 aliphatic carbocycles. The van der Waals surface area contributed by atoms with E-state index in [2.05, 4.69) is 5.32 Å². The van der Waals surface area contributed by atoms with Crippen molar-refractivity contribution in [1.82, 2.24) is 14.8 Å². The van der Waals surface area contributed by atoms with Crippen molar-refractivity contribution in [1.29, 1.82) is 0 Å². The fourth-order valence-corrected chi connectivity index (χ4v) is 3.83. The average molecular weight is 437 g/mol. The Morgan fingerprint density at radius 3 is 2.42 bits per heavy atom. The summed E-state index contributed by atoms with van der Waals surface area (Å²) in [6.07, 6.45) is 2.58. The van der Waals surface area contributed by atoms with Gasteiger partial charge < -0.3 is 19.9 Å². The number of fused-ring (bicyclic) bond motifs is 1. The molecule has 0 bridgehead atoms. The highest BCUT2D eigenvalue weighted by atomic mass is 19.1. The lowest BCUT2D eigenvalue weighted by molar-refractivity contribution is 0.0424. The summed E-state index contributed by atoms with van der Waals surface area (Å²) in [6.45, 7) is 3.39. The molecule has 2 amide bonds. The smallest absolute Gasteiger partial charge is 0.274 e. The number of likely N-dealkylation sites (N-methyl/N-ethyl adjacent to an activating group) is 1. The number of hydrogen-bond acceptors (Lipinski definition) is 4. The molecule has 10 heteroatoms. The summed E-state index contributed by atoms with van der Waals surface area (Å²) in [5.41, 5.74) is -2.98. The highest BCUT2D eigenvalue weighted by molar-refractivity contribution is 5.99. The Labute approximate surface area is 176 Å². The highest BCUT2D eigenvalue weighted by Crippen LogP contribution is 2.31. The monoisotopic (exact) mass is 437 g/mol. The van der Waals surface area contributed by atoms with Crippen LogP contribution >= 0.6 is 0 Å². The van der Waals surface area contributed by atoms with Crippen molar-refractivity contribution in [2.75, 3.05) is 7.05 Å². The summed E-state index contributed by atoms with van der Waals surface area (Å²) < 4.78 is 42.0. The number of aromatic nitrogens is 1. The molecule has 1 aromatic carbocycles. The van der Waals surface area contributed by atoms with E-state index in [1.807, 2.05) is 13.8 Å². The summed E-state index contributed by atoms with van der Waals surface area (Å²) in [6, 6.07) is 0.946. The van der Waals surface area contributed by atoms with E-state index in [1.165, 1.54) is 9.47 Å². The Morgan fingerprint density at radius 1 is 1.23 bits per heavy atom. The number of nitrogens with zero attached hydrogens (tertiary/aromatic N) is 2. The van der Waals surface area contributed by atoms with Crippen molar-refractivity contribution in [3.63, 3.8) is 0 Å². The second-order valence-electron chi connectivity index (χ2n) is 7.84. The first-order valence-electron chi connectivity index (χ1n) is 9.66. The molecule has 1 aromatic heterocycles. The number of aromatic hydroxyl groups is 1. The number of halogens is 3. The van der Waals surface area contributed by atoms with Gasteiger partial charge in [0.15, 0.2) is 11.4 Å². The fourth-order valence-electron chi connectivity index (χ4n) is 3.83. The van der Waals surface area contributed by atoms with Crippen LogP contribution in [0.2, 0.25) is 0 Å². The van der Waals surface area contributed by atoms with Crippen LogP contribution in [0.25, 0.3) is 0 Å². The molecule has 0 saturated carbocycles. The van der Waals surface area contributed by atoms with Crippen LogP contribution in [0.3, 0.4) is 0 Å². The van der Waals surface area contributed by atoms with E-state index in [0.29, 0.717) is 18.6 Å². The van der Waals surface area contributed by atoms with E-state index < -0.39 is 63.7 Å². The minimum absolute atomic E-state index is 0.228. The molecule has 0 saturated heterocycles. The summed E-state index contributed by atoms with van der Waals surface area (Å²) in [7, 11) is 1.58. The number of rotatable bonds is 5. The molecule has 0 unspecified atom stereocenters. The molecule has 0 spiro atoms. The maximum Gasteiger partial charge on any atom is 0.274 e. The van der Waals surface area contributed by atoms with Gasteiger partial charge in [0.05, 0.1) is 5.54 Å². The van der Waals surface area contributed by atoms with Gasteiger partial charge >= 0.3 is 0 Å². The molecular weight excluding hydrogens is 415 g/mol. The van der Waals surface area contributed by atoms with Gasteiger partial charge in [-0.2, -0.15) is 0 Å². The third-order valence-corrected chi connectivity index (χ3v) is 5.65. The van der Waals surface area contributed by atoms with Crippen LogP contribution in [0.1, 0.15) is 53.1 Å². The van der Waals surface area contributed by atoms with Crippen LogP contribution in [0.4, 0.5) is 13.2 Å². The first kappa shape index (κ1) is 22.4. The molecule has 7 nitrogen and oxygen atoms in total.